The summed E-state index contributed by atoms with van der Waals surface area (Å²) in [6.45, 7) is 1.56. The zero-order chi connectivity index (χ0) is 10.0. The molecule has 1 N–H and O–H groups in total. The van der Waals surface area contributed by atoms with E-state index in [1.807, 2.05) is 14.1 Å². The molecule has 2 nitrogen and oxygen atoms in total. The van der Waals surface area contributed by atoms with Crippen LogP contribution in [0.5, 0.6) is 0 Å². The lowest BCUT2D eigenvalue weighted by Crippen LogP contribution is -2.13. The second-order valence-electron chi connectivity index (χ2n) is 3.24. The Labute approximate surface area is 77.6 Å². The molecule has 0 radical (unpaired) electrons. The summed E-state index contributed by atoms with van der Waals surface area (Å²) in [5.74, 6) is -0.360. The maximum absolute atomic E-state index is 13.3. The first-order valence-corrected chi connectivity index (χ1v) is 4.18. The molecule has 0 aliphatic rings. The van der Waals surface area contributed by atoms with Crippen LogP contribution in [-0.4, -0.2) is 19.2 Å². The van der Waals surface area contributed by atoms with Crippen molar-refractivity contribution in [1.29, 1.82) is 0 Å². The molecule has 1 aromatic rings. The molecular weight excluding hydrogens is 169 g/mol. The van der Waals surface area contributed by atoms with Crippen LogP contribution in [-0.2, 0) is 0 Å². The van der Waals surface area contributed by atoms with Crippen molar-refractivity contribution in [3.63, 3.8) is 0 Å². The van der Waals surface area contributed by atoms with Gasteiger partial charge in [-0.2, -0.15) is 0 Å². The lowest BCUT2D eigenvalue weighted by molar-refractivity contribution is 0.194. The summed E-state index contributed by atoms with van der Waals surface area (Å²) in [4.78, 5) is 1.78. The van der Waals surface area contributed by atoms with Gasteiger partial charge in [0.2, 0.25) is 0 Å². The number of hydrogen-bond donors (Lipinski definition) is 1. The van der Waals surface area contributed by atoms with Gasteiger partial charge in [-0.05, 0) is 19.1 Å². The Balaban J connectivity index is 3.26. The van der Waals surface area contributed by atoms with Crippen molar-refractivity contribution in [1.82, 2.24) is 0 Å². The quantitative estimate of drug-likeness (QED) is 0.757. The van der Waals surface area contributed by atoms with Gasteiger partial charge in [-0.25, -0.2) is 4.39 Å². The molecule has 0 fully saturated rings. The molecule has 0 aliphatic carbocycles. The maximum atomic E-state index is 13.3. The molecule has 0 aromatic heterocycles. The molecule has 0 spiro atoms. The van der Waals surface area contributed by atoms with Crippen molar-refractivity contribution in [2.75, 3.05) is 19.0 Å². The smallest absolute Gasteiger partial charge is 0.131 e. The minimum Gasteiger partial charge on any atom is -0.389 e. The number of rotatable bonds is 2. The van der Waals surface area contributed by atoms with Crippen LogP contribution in [0, 0.1) is 5.82 Å². The summed E-state index contributed by atoms with van der Waals surface area (Å²) < 4.78 is 13.3. The van der Waals surface area contributed by atoms with Crippen molar-refractivity contribution < 1.29 is 9.50 Å². The van der Waals surface area contributed by atoms with Crippen LogP contribution < -0.4 is 4.90 Å². The molecule has 0 heterocycles. The van der Waals surface area contributed by atoms with Crippen molar-refractivity contribution in [3.05, 3.63) is 29.6 Å². The minimum atomic E-state index is -0.779. The third kappa shape index (κ3) is 1.98. The standard InChI is InChI=1S/C10H14FNO/c1-7(13)10-8(11)5-4-6-9(10)12(2)3/h4-7,13H,1-3H3/t7-/m0/s1. The third-order valence-corrected chi connectivity index (χ3v) is 1.93. The molecule has 0 bridgehead atoms. The number of benzene rings is 1. The van der Waals surface area contributed by atoms with E-state index in [0.29, 0.717) is 5.56 Å². The van der Waals surface area contributed by atoms with Gasteiger partial charge in [-0.3, -0.25) is 0 Å². The summed E-state index contributed by atoms with van der Waals surface area (Å²) in [6, 6.07) is 4.77. The fourth-order valence-electron chi connectivity index (χ4n) is 1.33. The fourth-order valence-corrected chi connectivity index (χ4v) is 1.33. The first-order valence-electron chi connectivity index (χ1n) is 4.18. The highest BCUT2D eigenvalue weighted by Gasteiger charge is 2.13. The van der Waals surface area contributed by atoms with E-state index in [4.69, 9.17) is 0 Å². The predicted octanol–water partition coefficient (Wildman–Crippen LogP) is 1.94. The monoisotopic (exact) mass is 183 g/mol. The first kappa shape index (κ1) is 9.99. The van der Waals surface area contributed by atoms with Gasteiger partial charge in [0.05, 0.1) is 6.10 Å². The SMILES string of the molecule is C[C@H](O)c1c(F)cccc1N(C)C. The first-order chi connectivity index (χ1) is 6.04. The highest BCUT2D eigenvalue weighted by molar-refractivity contribution is 5.53. The molecular formula is C10H14FNO. The van der Waals surface area contributed by atoms with E-state index in [2.05, 4.69) is 0 Å². The van der Waals surface area contributed by atoms with Crippen LogP contribution in [0.25, 0.3) is 0 Å². The number of aliphatic hydroxyl groups is 1. The van der Waals surface area contributed by atoms with E-state index in [9.17, 15) is 9.50 Å². The number of anilines is 1. The summed E-state index contributed by atoms with van der Waals surface area (Å²) in [5, 5.41) is 9.37. The Morgan fingerprint density at radius 1 is 1.38 bits per heavy atom. The van der Waals surface area contributed by atoms with E-state index in [1.165, 1.54) is 6.07 Å². The highest BCUT2D eigenvalue weighted by atomic mass is 19.1. The molecule has 0 saturated heterocycles. The lowest BCUT2D eigenvalue weighted by Gasteiger charge is -2.19. The fraction of sp³-hybridized carbons (Fsp3) is 0.400. The van der Waals surface area contributed by atoms with Gasteiger partial charge in [-0.1, -0.05) is 6.07 Å². The highest BCUT2D eigenvalue weighted by Crippen LogP contribution is 2.27. The van der Waals surface area contributed by atoms with Gasteiger partial charge < -0.3 is 10.0 Å². The maximum Gasteiger partial charge on any atom is 0.131 e. The van der Waals surface area contributed by atoms with E-state index in [-0.39, 0.29) is 5.82 Å². The van der Waals surface area contributed by atoms with Gasteiger partial charge >= 0.3 is 0 Å². The Bertz CT molecular complexity index is 297. The minimum absolute atomic E-state index is 0.354. The lowest BCUT2D eigenvalue weighted by atomic mass is 10.1. The van der Waals surface area contributed by atoms with Gasteiger partial charge in [0.1, 0.15) is 5.82 Å². The van der Waals surface area contributed by atoms with Crippen molar-refractivity contribution in [3.8, 4) is 0 Å². The third-order valence-electron chi connectivity index (χ3n) is 1.93. The molecule has 13 heavy (non-hydrogen) atoms. The van der Waals surface area contributed by atoms with Crippen LogP contribution in [0.2, 0.25) is 0 Å². The second-order valence-corrected chi connectivity index (χ2v) is 3.24. The Kier molecular flexibility index (Phi) is 2.88. The van der Waals surface area contributed by atoms with Crippen LogP contribution >= 0.6 is 0 Å². The molecule has 0 amide bonds. The largest absolute Gasteiger partial charge is 0.389 e. The molecule has 3 heteroatoms. The van der Waals surface area contributed by atoms with E-state index in [0.717, 1.165) is 5.69 Å². The molecule has 1 atom stereocenters. The van der Waals surface area contributed by atoms with Crippen LogP contribution in [0.3, 0.4) is 0 Å². The van der Waals surface area contributed by atoms with Crippen molar-refractivity contribution in [2.45, 2.75) is 13.0 Å². The van der Waals surface area contributed by atoms with Gasteiger partial charge in [0, 0.05) is 25.3 Å². The normalized spacial score (nSPS) is 12.7. The number of aliphatic hydroxyl groups excluding tert-OH is 1. The van der Waals surface area contributed by atoms with Crippen LogP contribution in [0.15, 0.2) is 18.2 Å². The summed E-state index contributed by atoms with van der Waals surface area (Å²) in [5.41, 5.74) is 1.07. The second kappa shape index (κ2) is 3.75. The summed E-state index contributed by atoms with van der Waals surface area (Å²) in [6.07, 6.45) is -0.779. The molecule has 0 saturated carbocycles. The summed E-state index contributed by atoms with van der Waals surface area (Å²) >= 11 is 0. The predicted molar refractivity (Wildman–Crippen MR) is 51.4 cm³/mol. The molecule has 0 aliphatic heterocycles. The zero-order valence-electron chi connectivity index (χ0n) is 8.08. The Hall–Kier alpha value is -1.09. The Morgan fingerprint density at radius 3 is 2.38 bits per heavy atom. The molecule has 72 valence electrons. The number of nitrogens with zero attached hydrogens (tertiary/aromatic N) is 1. The van der Waals surface area contributed by atoms with E-state index >= 15 is 0 Å². The zero-order valence-corrected chi connectivity index (χ0v) is 8.08. The van der Waals surface area contributed by atoms with Crippen molar-refractivity contribution in [2.24, 2.45) is 0 Å². The van der Waals surface area contributed by atoms with Crippen LogP contribution in [0.4, 0.5) is 10.1 Å². The molecule has 0 unspecified atom stereocenters. The molecule has 1 rings (SSSR count). The van der Waals surface area contributed by atoms with Gasteiger partial charge in [0.25, 0.3) is 0 Å². The van der Waals surface area contributed by atoms with E-state index < -0.39 is 6.10 Å². The van der Waals surface area contributed by atoms with Crippen molar-refractivity contribution >= 4 is 5.69 Å². The Morgan fingerprint density at radius 2 is 2.00 bits per heavy atom. The average molecular weight is 183 g/mol. The topological polar surface area (TPSA) is 23.5 Å². The number of hydrogen-bond acceptors (Lipinski definition) is 2. The number of halogens is 1. The average Bonchev–Trinajstić information content (AvgIpc) is 2.02. The van der Waals surface area contributed by atoms with Gasteiger partial charge in [-0.15, -0.1) is 0 Å². The van der Waals surface area contributed by atoms with E-state index in [1.54, 1.807) is 24.0 Å². The summed E-state index contributed by atoms with van der Waals surface area (Å²) in [7, 11) is 3.64. The van der Waals surface area contributed by atoms with Crippen LogP contribution in [0.1, 0.15) is 18.6 Å². The molecule has 1 aromatic carbocycles. The van der Waals surface area contributed by atoms with Gasteiger partial charge in [0.15, 0.2) is 0 Å².